The van der Waals surface area contributed by atoms with Gasteiger partial charge in [-0.25, -0.2) is 9.97 Å². The van der Waals surface area contributed by atoms with Gasteiger partial charge in [0.05, 0.1) is 5.69 Å². The summed E-state index contributed by atoms with van der Waals surface area (Å²) in [6, 6.07) is 1.59. The van der Waals surface area contributed by atoms with Crippen LogP contribution in [0.2, 0.25) is 5.15 Å². The fourth-order valence-electron chi connectivity index (χ4n) is 1.52. The smallest absolute Gasteiger partial charge is 0.280 e. The zero-order chi connectivity index (χ0) is 14.0. The summed E-state index contributed by atoms with van der Waals surface area (Å²) in [7, 11) is 0. The first kappa shape index (κ1) is 13.3. The Morgan fingerprint density at radius 2 is 2.26 bits per heavy atom. The van der Waals surface area contributed by atoms with E-state index >= 15 is 0 Å². The number of amides is 1. The van der Waals surface area contributed by atoms with Crippen molar-refractivity contribution in [2.45, 2.75) is 20.4 Å². The average molecular weight is 281 g/mol. The number of carbonyl (C=O) groups is 1. The Morgan fingerprint density at radius 1 is 1.53 bits per heavy atom. The Balaban J connectivity index is 2.22. The Bertz CT molecular complexity index is 603. The number of aryl methyl sites for hydroxylation is 2. The number of nitrogen functional groups attached to an aromatic ring is 1. The standard InChI is InChI=1S/C11H13ClN6O/c1-3-18-5-7(13)9(17-18)10(19)16-11-14-6(2)4-8(12)15-11/h4-5H,3,13H2,1-2H3,(H,14,15,16,19). The number of rotatable bonds is 3. The van der Waals surface area contributed by atoms with Crippen LogP contribution in [0, 0.1) is 6.92 Å². The molecular formula is C11H13ClN6O. The van der Waals surface area contributed by atoms with Gasteiger partial charge in [0.2, 0.25) is 5.95 Å². The van der Waals surface area contributed by atoms with Crippen LogP contribution in [0.25, 0.3) is 0 Å². The summed E-state index contributed by atoms with van der Waals surface area (Å²) in [4.78, 5) is 20.0. The van der Waals surface area contributed by atoms with Gasteiger partial charge in [-0.15, -0.1) is 0 Å². The Kier molecular flexibility index (Phi) is 3.66. The second kappa shape index (κ2) is 5.23. The number of hydrogen-bond acceptors (Lipinski definition) is 5. The monoisotopic (exact) mass is 280 g/mol. The molecule has 0 aromatic carbocycles. The van der Waals surface area contributed by atoms with Crippen molar-refractivity contribution in [3.63, 3.8) is 0 Å². The van der Waals surface area contributed by atoms with Crippen molar-refractivity contribution in [3.8, 4) is 0 Å². The highest BCUT2D eigenvalue weighted by atomic mass is 35.5. The molecule has 0 aliphatic rings. The van der Waals surface area contributed by atoms with Crippen molar-refractivity contribution in [1.29, 1.82) is 0 Å². The zero-order valence-electron chi connectivity index (χ0n) is 10.5. The van der Waals surface area contributed by atoms with Crippen molar-refractivity contribution in [2.75, 3.05) is 11.1 Å². The molecule has 0 bridgehead atoms. The van der Waals surface area contributed by atoms with Crippen LogP contribution < -0.4 is 11.1 Å². The maximum Gasteiger partial charge on any atom is 0.280 e. The van der Waals surface area contributed by atoms with Crippen molar-refractivity contribution >= 4 is 29.1 Å². The highest BCUT2D eigenvalue weighted by molar-refractivity contribution is 6.29. The quantitative estimate of drug-likeness (QED) is 0.830. The van der Waals surface area contributed by atoms with Crippen LogP contribution in [-0.2, 0) is 6.54 Å². The van der Waals surface area contributed by atoms with Crippen LogP contribution >= 0.6 is 11.6 Å². The number of nitrogens with one attached hydrogen (secondary N) is 1. The van der Waals surface area contributed by atoms with E-state index in [2.05, 4.69) is 20.4 Å². The predicted octanol–water partition coefficient (Wildman–Crippen LogP) is 1.49. The molecule has 0 saturated heterocycles. The van der Waals surface area contributed by atoms with Gasteiger partial charge < -0.3 is 5.73 Å². The molecule has 7 nitrogen and oxygen atoms in total. The molecule has 0 aliphatic carbocycles. The van der Waals surface area contributed by atoms with Crippen LogP contribution in [0.1, 0.15) is 23.1 Å². The van der Waals surface area contributed by atoms with Gasteiger partial charge in [-0.1, -0.05) is 11.6 Å². The lowest BCUT2D eigenvalue weighted by atomic mass is 10.3. The van der Waals surface area contributed by atoms with E-state index in [1.807, 2.05) is 6.92 Å². The molecule has 0 fully saturated rings. The lowest BCUT2D eigenvalue weighted by molar-refractivity contribution is 0.102. The first-order valence-electron chi connectivity index (χ1n) is 5.65. The summed E-state index contributed by atoms with van der Waals surface area (Å²) in [6.07, 6.45) is 1.60. The number of carbonyl (C=O) groups excluding carboxylic acids is 1. The lowest BCUT2D eigenvalue weighted by Gasteiger charge is -2.03. The molecule has 19 heavy (non-hydrogen) atoms. The van der Waals surface area contributed by atoms with Crippen LogP contribution in [-0.4, -0.2) is 25.7 Å². The molecule has 1 amide bonds. The third-order valence-corrected chi connectivity index (χ3v) is 2.57. The van der Waals surface area contributed by atoms with Gasteiger partial charge in [0.25, 0.3) is 5.91 Å². The molecule has 0 spiro atoms. The fraction of sp³-hybridized carbons (Fsp3) is 0.273. The van der Waals surface area contributed by atoms with Gasteiger partial charge in [0.15, 0.2) is 5.69 Å². The average Bonchev–Trinajstić information content (AvgIpc) is 2.69. The lowest BCUT2D eigenvalue weighted by Crippen LogP contribution is -2.17. The molecule has 0 atom stereocenters. The normalized spacial score (nSPS) is 10.5. The Labute approximate surface area is 114 Å². The zero-order valence-corrected chi connectivity index (χ0v) is 11.3. The van der Waals surface area contributed by atoms with Gasteiger partial charge in [-0.2, -0.15) is 5.10 Å². The van der Waals surface area contributed by atoms with E-state index in [4.69, 9.17) is 17.3 Å². The van der Waals surface area contributed by atoms with Crippen LogP contribution in [0.5, 0.6) is 0 Å². The second-order valence-corrected chi connectivity index (χ2v) is 4.29. The third-order valence-electron chi connectivity index (χ3n) is 2.38. The van der Waals surface area contributed by atoms with Crippen molar-refractivity contribution in [1.82, 2.24) is 19.7 Å². The van der Waals surface area contributed by atoms with Crippen LogP contribution in [0.15, 0.2) is 12.3 Å². The van der Waals surface area contributed by atoms with E-state index in [9.17, 15) is 4.79 Å². The summed E-state index contributed by atoms with van der Waals surface area (Å²) in [5.74, 6) is -0.341. The predicted molar refractivity (Wildman–Crippen MR) is 72.0 cm³/mol. The molecule has 2 rings (SSSR count). The van der Waals surface area contributed by atoms with Gasteiger partial charge in [0, 0.05) is 18.4 Å². The maximum absolute atomic E-state index is 12.0. The van der Waals surface area contributed by atoms with E-state index in [1.54, 1.807) is 23.9 Å². The Hall–Kier alpha value is -2.15. The number of anilines is 2. The molecule has 0 radical (unpaired) electrons. The van der Waals surface area contributed by atoms with E-state index in [0.717, 1.165) is 0 Å². The second-order valence-electron chi connectivity index (χ2n) is 3.90. The molecule has 2 aromatic rings. The van der Waals surface area contributed by atoms with Crippen molar-refractivity contribution < 1.29 is 4.79 Å². The van der Waals surface area contributed by atoms with E-state index in [-0.39, 0.29) is 16.8 Å². The summed E-state index contributed by atoms with van der Waals surface area (Å²) in [5.41, 5.74) is 6.82. The van der Waals surface area contributed by atoms with Crippen LogP contribution in [0.4, 0.5) is 11.6 Å². The first-order chi connectivity index (χ1) is 8.99. The minimum Gasteiger partial charge on any atom is -0.396 e. The van der Waals surface area contributed by atoms with E-state index in [0.29, 0.717) is 17.9 Å². The number of halogens is 1. The molecule has 3 N–H and O–H groups in total. The van der Waals surface area contributed by atoms with E-state index < -0.39 is 5.91 Å². The number of hydrogen-bond donors (Lipinski definition) is 2. The number of nitrogens with two attached hydrogens (primary N) is 1. The van der Waals surface area contributed by atoms with Gasteiger partial charge in [-0.05, 0) is 19.9 Å². The summed E-state index contributed by atoms with van der Waals surface area (Å²) in [6.45, 7) is 4.28. The summed E-state index contributed by atoms with van der Waals surface area (Å²) >= 11 is 5.79. The number of nitrogens with zero attached hydrogens (tertiary/aromatic N) is 4. The van der Waals surface area contributed by atoms with Gasteiger partial charge in [0.1, 0.15) is 5.15 Å². The van der Waals surface area contributed by atoms with E-state index in [1.165, 1.54) is 0 Å². The molecule has 0 aliphatic heterocycles. The van der Waals surface area contributed by atoms with Crippen LogP contribution in [0.3, 0.4) is 0 Å². The molecular weight excluding hydrogens is 268 g/mol. The third kappa shape index (κ3) is 3.00. The maximum atomic E-state index is 12.0. The molecule has 2 aromatic heterocycles. The molecule has 100 valence electrons. The molecule has 2 heterocycles. The largest absolute Gasteiger partial charge is 0.396 e. The van der Waals surface area contributed by atoms with Gasteiger partial charge >= 0.3 is 0 Å². The van der Waals surface area contributed by atoms with Gasteiger partial charge in [-0.3, -0.25) is 14.8 Å². The van der Waals surface area contributed by atoms with Crippen molar-refractivity contribution in [3.05, 3.63) is 28.8 Å². The molecule has 8 heteroatoms. The topological polar surface area (TPSA) is 98.7 Å². The highest BCUT2D eigenvalue weighted by Gasteiger charge is 2.16. The minimum absolute atomic E-state index is 0.125. The minimum atomic E-state index is -0.466. The Morgan fingerprint density at radius 3 is 2.84 bits per heavy atom. The summed E-state index contributed by atoms with van der Waals surface area (Å²) < 4.78 is 1.58. The van der Waals surface area contributed by atoms with Crippen molar-refractivity contribution in [2.24, 2.45) is 0 Å². The highest BCUT2D eigenvalue weighted by Crippen LogP contribution is 2.13. The number of aromatic nitrogens is 4. The summed E-state index contributed by atoms with van der Waals surface area (Å²) in [5, 5.41) is 6.84. The molecule has 0 saturated carbocycles. The first-order valence-corrected chi connectivity index (χ1v) is 6.03. The fourth-order valence-corrected chi connectivity index (χ4v) is 1.76. The SMILES string of the molecule is CCn1cc(N)c(C(=O)Nc2nc(C)cc(Cl)n2)n1. The molecule has 0 unspecified atom stereocenters.